The van der Waals surface area contributed by atoms with E-state index in [4.69, 9.17) is 4.52 Å². The van der Waals surface area contributed by atoms with Crippen LogP contribution in [0.2, 0.25) is 0 Å². The molecule has 3 atom stereocenters. The molecule has 1 amide bonds. The molecule has 7 heteroatoms. The molecule has 0 aromatic carbocycles. The van der Waals surface area contributed by atoms with Crippen molar-refractivity contribution in [1.82, 2.24) is 25.8 Å². The van der Waals surface area contributed by atoms with Crippen LogP contribution in [0.25, 0.3) is 11.4 Å². The molecule has 0 radical (unpaired) electrons. The van der Waals surface area contributed by atoms with Gasteiger partial charge in [-0.3, -0.25) is 9.78 Å². The molecule has 7 nitrogen and oxygen atoms in total. The van der Waals surface area contributed by atoms with Crippen molar-refractivity contribution in [1.29, 1.82) is 0 Å². The van der Waals surface area contributed by atoms with Gasteiger partial charge >= 0.3 is 0 Å². The Kier molecular flexibility index (Phi) is 5.24. The molecular weight excluding hydrogens is 330 g/mol. The highest BCUT2D eigenvalue weighted by molar-refractivity contribution is 5.80. The molecule has 26 heavy (non-hydrogen) atoms. The average Bonchev–Trinajstić information content (AvgIpc) is 3.31. The third-order valence-electron chi connectivity index (χ3n) is 5.42. The molecular formula is C19H25N5O2. The summed E-state index contributed by atoms with van der Waals surface area (Å²) in [6, 6.07) is 3.94. The molecule has 2 N–H and O–H groups in total. The van der Waals surface area contributed by atoms with Gasteiger partial charge in [0.2, 0.25) is 17.6 Å². The van der Waals surface area contributed by atoms with Gasteiger partial charge in [0.15, 0.2) is 0 Å². The number of fused-ring (bicyclic) bond motifs is 1. The van der Waals surface area contributed by atoms with Crippen molar-refractivity contribution in [3.05, 3.63) is 30.4 Å². The van der Waals surface area contributed by atoms with E-state index < -0.39 is 0 Å². The highest BCUT2D eigenvalue weighted by Crippen LogP contribution is 2.38. The van der Waals surface area contributed by atoms with Crippen molar-refractivity contribution in [2.45, 2.75) is 50.5 Å². The van der Waals surface area contributed by atoms with Crippen LogP contribution >= 0.6 is 0 Å². The highest BCUT2D eigenvalue weighted by Gasteiger charge is 2.41. The fourth-order valence-corrected chi connectivity index (χ4v) is 4.00. The van der Waals surface area contributed by atoms with Gasteiger partial charge in [0.05, 0.1) is 5.92 Å². The SMILES string of the molecule is O=C1NCCCCCCN[C@H]2C[C@H](c3nc(-c4cccnc4)no3)C[C@@H]12. The van der Waals surface area contributed by atoms with Crippen molar-refractivity contribution < 1.29 is 9.32 Å². The lowest BCUT2D eigenvalue weighted by Crippen LogP contribution is -2.41. The number of hydrogen-bond donors (Lipinski definition) is 2. The molecule has 1 aliphatic heterocycles. The topological polar surface area (TPSA) is 92.9 Å². The number of amides is 1. The lowest BCUT2D eigenvalue weighted by molar-refractivity contribution is -0.125. The molecule has 1 saturated carbocycles. The van der Waals surface area contributed by atoms with Crippen molar-refractivity contribution in [3.63, 3.8) is 0 Å². The standard InChI is InChI=1S/C19H25N5O2/c25-18-15-10-14(11-16(15)21-8-3-1-2-4-9-22-18)19-23-17(24-26-19)13-6-5-7-20-12-13/h5-7,12,14-16,21H,1-4,8-11H2,(H,22,25)/t14-,15-,16+/m1/s1. The van der Waals surface area contributed by atoms with E-state index in [9.17, 15) is 4.79 Å². The maximum Gasteiger partial charge on any atom is 0.230 e. The van der Waals surface area contributed by atoms with Crippen LogP contribution in [-0.4, -0.2) is 40.2 Å². The van der Waals surface area contributed by atoms with Crippen LogP contribution < -0.4 is 10.6 Å². The van der Waals surface area contributed by atoms with Gasteiger partial charge in [-0.2, -0.15) is 4.98 Å². The number of nitrogens with zero attached hydrogens (tertiary/aromatic N) is 3. The summed E-state index contributed by atoms with van der Waals surface area (Å²) in [5.41, 5.74) is 0.839. The van der Waals surface area contributed by atoms with Gasteiger partial charge in [-0.1, -0.05) is 18.0 Å². The van der Waals surface area contributed by atoms with E-state index in [1.807, 2.05) is 12.1 Å². The number of hydrogen-bond acceptors (Lipinski definition) is 6. The third kappa shape index (κ3) is 3.77. The van der Waals surface area contributed by atoms with Crippen LogP contribution in [0.15, 0.2) is 29.0 Å². The minimum Gasteiger partial charge on any atom is -0.356 e. The number of pyridine rings is 1. The molecule has 0 bridgehead atoms. The first kappa shape index (κ1) is 17.1. The zero-order chi connectivity index (χ0) is 17.8. The lowest BCUT2D eigenvalue weighted by atomic mass is 10.0. The van der Waals surface area contributed by atoms with E-state index in [1.165, 1.54) is 12.8 Å². The maximum absolute atomic E-state index is 12.6. The Labute approximate surface area is 153 Å². The predicted molar refractivity (Wildman–Crippen MR) is 96.3 cm³/mol. The Balaban J connectivity index is 1.49. The van der Waals surface area contributed by atoms with Crippen LogP contribution in [0.3, 0.4) is 0 Å². The quantitative estimate of drug-likeness (QED) is 0.858. The van der Waals surface area contributed by atoms with Crippen LogP contribution in [0, 0.1) is 5.92 Å². The van der Waals surface area contributed by atoms with Gasteiger partial charge < -0.3 is 15.2 Å². The van der Waals surface area contributed by atoms with E-state index in [0.717, 1.165) is 44.3 Å². The normalized spacial score (nSPS) is 27.4. The van der Waals surface area contributed by atoms with Crippen molar-refractivity contribution in [2.75, 3.05) is 13.1 Å². The molecule has 0 unspecified atom stereocenters. The molecule has 2 aromatic heterocycles. The minimum atomic E-state index is -0.0353. The maximum atomic E-state index is 12.6. The smallest absolute Gasteiger partial charge is 0.230 e. The van der Waals surface area contributed by atoms with Crippen LogP contribution in [0.5, 0.6) is 0 Å². The first-order valence-corrected chi connectivity index (χ1v) is 9.56. The largest absolute Gasteiger partial charge is 0.356 e. The number of carbonyl (C=O) groups excluding carboxylic acids is 1. The zero-order valence-corrected chi connectivity index (χ0v) is 14.9. The molecule has 2 fully saturated rings. The molecule has 138 valence electrons. The summed E-state index contributed by atoms with van der Waals surface area (Å²) in [4.78, 5) is 21.3. The summed E-state index contributed by atoms with van der Waals surface area (Å²) in [7, 11) is 0. The van der Waals surface area contributed by atoms with Gasteiger partial charge in [0, 0.05) is 36.5 Å². The van der Waals surface area contributed by atoms with E-state index >= 15 is 0 Å². The summed E-state index contributed by atoms with van der Waals surface area (Å²) in [5, 5.41) is 10.8. The first-order chi connectivity index (χ1) is 12.8. The van der Waals surface area contributed by atoms with Crippen LogP contribution in [0.1, 0.15) is 50.3 Å². The first-order valence-electron chi connectivity index (χ1n) is 9.56. The molecule has 4 rings (SSSR count). The number of carbonyl (C=O) groups is 1. The van der Waals surface area contributed by atoms with Crippen molar-refractivity contribution in [2.24, 2.45) is 5.92 Å². The lowest BCUT2D eigenvalue weighted by Gasteiger charge is -2.19. The average molecular weight is 355 g/mol. The van der Waals surface area contributed by atoms with Gasteiger partial charge in [-0.15, -0.1) is 0 Å². The Morgan fingerprint density at radius 2 is 2.00 bits per heavy atom. The molecule has 1 aliphatic carbocycles. The molecule has 0 spiro atoms. The van der Waals surface area contributed by atoms with E-state index in [0.29, 0.717) is 11.7 Å². The Morgan fingerprint density at radius 1 is 1.12 bits per heavy atom. The molecule has 2 aromatic rings. The monoisotopic (exact) mass is 355 g/mol. The zero-order valence-electron chi connectivity index (χ0n) is 14.9. The Hall–Kier alpha value is -2.28. The summed E-state index contributed by atoms with van der Waals surface area (Å²) in [6.45, 7) is 1.74. The summed E-state index contributed by atoms with van der Waals surface area (Å²) in [5.74, 6) is 1.41. The van der Waals surface area contributed by atoms with Crippen LogP contribution in [-0.2, 0) is 4.79 Å². The number of nitrogens with one attached hydrogen (secondary N) is 2. The second-order valence-electron chi connectivity index (χ2n) is 7.24. The van der Waals surface area contributed by atoms with Crippen molar-refractivity contribution in [3.8, 4) is 11.4 Å². The number of aromatic nitrogens is 3. The fraction of sp³-hybridized carbons (Fsp3) is 0.579. The summed E-state index contributed by atoms with van der Waals surface area (Å²) < 4.78 is 5.53. The van der Waals surface area contributed by atoms with E-state index in [2.05, 4.69) is 25.8 Å². The van der Waals surface area contributed by atoms with Gasteiger partial charge in [-0.25, -0.2) is 0 Å². The predicted octanol–water partition coefficient (Wildman–Crippen LogP) is 2.27. The third-order valence-corrected chi connectivity index (χ3v) is 5.42. The van der Waals surface area contributed by atoms with Gasteiger partial charge in [0.1, 0.15) is 0 Å². The minimum absolute atomic E-state index is 0.0353. The summed E-state index contributed by atoms with van der Waals surface area (Å²) in [6.07, 6.45) is 9.66. The molecule has 1 saturated heterocycles. The van der Waals surface area contributed by atoms with Crippen LogP contribution in [0.4, 0.5) is 0 Å². The van der Waals surface area contributed by atoms with E-state index in [-0.39, 0.29) is 23.8 Å². The van der Waals surface area contributed by atoms with Gasteiger partial charge in [0.25, 0.3) is 0 Å². The summed E-state index contributed by atoms with van der Waals surface area (Å²) >= 11 is 0. The second-order valence-corrected chi connectivity index (χ2v) is 7.24. The van der Waals surface area contributed by atoms with Gasteiger partial charge in [-0.05, 0) is 44.4 Å². The Bertz CT molecular complexity index is 733. The van der Waals surface area contributed by atoms with E-state index in [1.54, 1.807) is 12.4 Å². The van der Waals surface area contributed by atoms with Crippen molar-refractivity contribution >= 4 is 5.91 Å². The number of rotatable bonds is 2. The highest BCUT2D eigenvalue weighted by atomic mass is 16.5. The molecule has 3 heterocycles. The Morgan fingerprint density at radius 3 is 2.85 bits per heavy atom. The second kappa shape index (κ2) is 7.95. The molecule has 2 aliphatic rings. The fourth-order valence-electron chi connectivity index (χ4n) is 4.00.